The average molecular weight is 320 g/mol. The van der Waals surface area contributed by atoms with Gasteiger partial charge in [0.05, 0.1) is 17.2 Å². The third kappa shape index (κ3) is 3.77. The molecule has 0 aliphatic rings. The molecule has 2 rings (SSSR count). The lowest BCUT2D eigenvalue weighted by Gasteiger charge is -2.08. The van der Waals surface area contributed by atoms with Gasteiger partial charge >= 0.3 is 5.97 Å². The molecule has 2 aromatic carbocycles. The predicted molar refractivity (Wildman–Crippen MR) is 84.0 cm³/mol. The van der Waals surface area contributed by atoms with Crippen molar-refractivity contribution in [3.8, 4) is 5.75 Å². The number of aromatic carboxylic acids is 1. The number of carboxylic acid groups (broad SMARTS) is 1. The molecule has 0 radical (unpaired) electrons. The summed E-state index contributed by atoms with van der Waals surface area (Å²) in [6.45, 7) is 2.43. The first-order chi connectivity index (χ1) is 10.5. The van der Waals surface area contributed by atoms with E-state index in [4.69, 9.17) is 21.4 Å². The van der Waals surface area contributed by atoms with Crippen LogP contribution < -0.4 is 10.1 Å². The van der Waals surface area contributed by atoms with Crippen LogP contribution in [0.2, 0.25) is 5.02 Å². The number of amides is 1. The predicted octanol–water partition coefficient (Wildman–Crippen LogP) is 3.69. The minimum absolute atomic E-state index is 0.0637. The number of halogens is 1. The first kappa shape index (κ1) is 15.9. The van der Waals surface area contributed by atoms with Crippen molar-refractivity contribution in [2.24, 2.45) is 0 Å². The second-order valence-corrected chi connectivity index (χ2v) is 4.82. The van der Waals surface area contributed by atoms with Gasteiger partial charge < -0.3 is 15.2 Å². The van der Waals surface area contributed by atoms with Crippen molar-refractivity contribution in [3.63, 3.8) is 0 Å². The summed E-state index contributed by atoms with van der Waals surface area (Å²) in [4.78, 5) is 23.1. The average Bonchev–Trinajstić information content (AvgIpc) is 2.50. The van der Waals surface area contributed by atoms with Gasteiger partial charge in [-0.15, -0.1) is 0 Å². The second-order valence-electron chi connectivity index (χ2n) is 4.41. The molecule has 0 bridgehead atoms. The summed E-state index contributed by atoms with van der Waals surface area (Å²) in [5.74, 6) is -0.817. The van der Waals surface area contributed by atoms with E-state index >= 15 is 0 Å². The largest absolute Gasteiger partial charge is 0.494 e. The molecule has 0 saturated heterocycles. The molecular weight excluding hydrogens is 306 g/mol. The van der Waals surface area contributed by atoms with E-state index in [1.54, 1.807) is 30.3 Å². The fraction of sp³-hybridized carbons (Fsp3) is 0.125. The number of carboxylic acids is 1. The molecule has 0 saturated carbocycles. The Bertz CT molecular complexity index is 698. The van der Waals surface area contributed by atoms with E-state index in [9.17, 15) is 9.59 Å². The molecule has 0 heterocycles. The highest BCUT2D eigenvalue weighted by Crippen LogP contribution is 2.21. The summed E-state index contributed by atoms with van der Waals surface area (Å²) in [5, 5.41) is 11.8. The molecule has 2 aromatic rings. The van der Waals surface area contributed by atoms with E-state index in [-0.39, 0.29) is 16.5 Å². The van der Waals surface area contributed by atoms with Crippen LogP contribution in [0.3, 0.4) is 0 Å². The number of ether oxygens (including phenoxy) is 1. The maximum absolute atomic E-state index is 12.1. The number of rotatable bonds is 5. The Kier molecular flexibility index (Phi) is 5.01. The zero-order valence-electron chi connectivity index (χ0n) is 11.8. The van der Waals surface area contributed by atoms with Gasteiger partial charge in [0.1, 0.15) is 5.75 Å². The maximum atomic E-state index is 12.1. The quantitative estimate of drug-likeness (QED) is 0.881. The molecule has 0 spiro atoms. The fourth-order valence-corrected chi connectivity index (χ4v) is 2.04. The van der Waals surface area contributed by atoms with Gasteiger partial charge in [-0.2, -0.15) is 0 Å². The molecule has 0 atom stereocenters. The summed E-state index contributed by atoms with van der Waals surface area (Å²) in [7, 11) is 0. The molecular formula is C16H14ClNO4. The number of nitrogens with one attached hydrogen (secondary N) is 1. The molecule has 0 unspecified atom stereocenters. The van der Waals surface area contributed by atoms with Crippen LogP contribution >= 0.6 is 11.6 Å². The molecule has 0 aliphatic carbocycles. The Morgan fingerprint density at radius 2 is 1.86 bits per heavy atom. The lowest BCUT2D eigenvalue weighted by molar-refractivity contribution is 0.0696. The van der Waals surface area contributed by atoms with Crippen molar-refractivity contribution in [2.45, 2.75) is 6.92 Å². The van der Waals surface area contributed by atoms with Crippen LogP contribution in [0, 0.1) is 0 Å². The highest BCUT2D eigenvalue weighted by molar-refractivity contribution is 6.33. The SMILES string of the molecule is CCOc1ccc(C(=O)Nc2ccc(Cl)c(C(=O)O)c2)cc1. The monoisotopic (exact) mass is 319 g/mol. The number of anilines is 1. The van der Waals surface area contributed by atoms with Crippen molar-refractivity contribution < 1.29 is 19.4 Å². The van der Waals surface area contributed by atoms with Gasteiger partial charge in [-0.05, 0) is 49.4 Å². The van der Waals surface area contributed by atoms with Crippen LogP contribution in [0.4, 0.5) is 5.69 Å². The van der Waals surface area contributed by atoms with Gasteiger partial charge in [0.25, 0.3) is 5.91 Å². The zero-order chi connectivity index (χ0) is 16.1. The van der Waals surface area contributed by atoms with Crippen LogP contribution in [0.25, 0.3) is 0 Å². The summed E-state index contributed by atoms with van der Waals surface area (Å²) in [6, 6.07) is 11.0. The molecule has 0 aliphatic heterocycles. The fourth-order valence-electron chi connectivity index (χ4n) is 1.84. The molecule has 0 fully saturated rings. The topological polar surface area (TPSA) is 75.6 Å². The molecule has 5 nitrogen and oxygen atoms in total. The minimum Gasteiger partial charge on any atom is -0.494 e. The van der Waals surface area contributed by atoms with Gasteiger partial charge in [-0.3, -0.25) is 4.79 Å². The smallest absolute Gasteiger partial charge is 0.337 e. The Morgan fingerprint density at radius 1 is 1.18 bits per heavy atom. The summed E-state index contributed by atoms with van der Waals surface area (Å²) in [6.07, 6.45) is 0. The van der Waals surface area contributed by atoms with E-state index in [1.165, 1.54) is 12.1 Å². The van der Waals surface area contributed by atoms with Crippen molar-refractivity contribution >= 4 is 29.2 Å². The van der Waals surface area contributed by atoms with Crippen LogP contribution in [-0.2, 0) is 0 Å². The Balaban J connectivity index is 2.14. The lowest BCUT2D eigenvalue weighted by atomic mass is 10.1. The first-order valence-corrected chi connectivity index (χ1v) is 6.96. The number of hydrogen-bond acceptors (Lipinski definition) is 3. The number of hydrogen-bond donors (Lipinski definition) is 2. The van der Waals surface area contributed by atoms with Crippen LogP contribution in [0.1, 0.15) is 27.6 Å². The highest BCUT2D eigenvalue weighted by atomic mass is 35.5. The zero-order valence-corrected chi connectivity index (χ0v) is 12.6. The van der Waals surface area contributed by atoms with E-state index in [2.05, 4.69) is 5.32 Å². The van der Waals surface area contributed by atoms with E-state index in [1.807, 2.05) is 6.92 Å². The van der Waals surface area contributed by atoms with Gasteiger partial charge in [-0.25, -0.2) is 4.79 Å². The Labute approximate surface area is 132 Å². The summed E-state index contributed by atoms with van der Waals surface area (Å²) < 4.78 is 5.30. The third-order valence-electron chi connectivity index (χ3n) is 2.88. The van der Waals surface area contributed by atoms with E-state index in [0.717, 1.165) is 0 Å². The Morgan fingerprint density at radius 3 is 2.45 bits per heavy atom. The van der Waals surface area contributed by atoms with Gasteiger partial charge in [0.2, 0.25) is 0 Å². The van der Waals surface area contributed by atoms with Crippen LogP contribution in [-0.4, -0.2) is 23.6 Å². The third-order valence-corrected chi connectivity index (χ3v) is 3.21. The first-order valence-electron chi connectivity index (χ1n) is 6.58. The Hall–Kier alpha value is -2.53. The molecule has 2 N–H and O–H groups in total. The molecule has 0 aromatic heterocycles. The molecule has 1 amide bonds. The maximum Gasteiger partial charge on any atom is 0.337 e. The number of benzene rings is 2. The van der Waals surface area contributed by atoms with Gasteiger partial charge in [-0.1, -0.05) is 11.6 Å². The van der Waals surface area contributed by atoms with Crippen LogP contribution in [0.5, 0.6) is 5.75 Å². The number of carbonyl (C=O) groups excluding carboxylic acids is 1. The lowest BCUT2D eigenvalue weighted by Crippen LogP contribution is -2.12. The van der Waals surface area contributed by atoms with Crippen molar-refractivity contribution in [2.75, 3.05) is 11.9 Å². The van der Waals surface area contributed by atoms with Crippen molar-refractivity contribution in [1.82, 2.24) is 0 Å². The molecule has 114 valence electrons. The van der Waals surface area contributed by atoms with Gasteiger partial charge in [0.15, 0.2) is 0 Å². The second kappa shape index (κ2) is 6.95. The summed E-state index contributed by atoms with van der Waals surface area (Å²) in [5.41, 5.74) is 0.738. The normalized spacial score (nSPS) is 10.1. The van der Waals surface area contributed by atoms with Gasteiger partial charge in [0, 0.05) is 11.3 Å². The summed E-state index contributed by atoms with van der Waals surface area (Å²) >= 11 is 5.78. The van der Waals surface area contributed by atoms with Crippen LogP contribution in [0.15, 0.2) is 42.5 Å². The van der Waals surface area contributed by atoms with E-state index in [0.29, 0.717) is 23.6 Å². The van der Waals surface area contributed by atoms with Crippen molar-refractivity contribution in [3.05, 3.63) is 58.6 Å². The standard InChI is InChI=1S/C16H14ClNO4/c1-2-22-12-6-3-10(4-7-12)15(19)18-11-5-8-14(17)13(9-11)16(20)21/h3-9H,2H2,1H3,(H,18,19)(H,20,21). The minimum atomic E-state index is -1.15. The number of carbonyl (C=O) groups is 2. The highest BCUT2D eigenvalue weighted by Gasteiger charge is 2.12. The molecule has 22 heavy (non-hydrogen) atoms. The molecule has 6 heteroatoms. The van der Waals surface area contributed by atoms with Crippen molar-refractivity contribution in [1.29, 1.82) is 0 Å². The van der Waals surface area contributed by atoms with E-state index < -0.39 is 5.97 Å².